The number of cyclic esters (lactones) is 1. The number of piperazine rings is 1. The van der Waals surface area contributed by atoms with E-state index in [1.807, 2.05) is 18.2 Å². The van der Waals surface area contributed by atoms with Gasteiger partial charge in [-0.25, -0.2) is 13.9 Å². The van der Waals surface area contributed by atoms with Crippen molar-refractivity contribution >= 4 is 11.8 Å². The van der Waals surface area contributed by atoms with Crippen molar-refractivity contribution in [2.24, 2.45) is 0 Å². The van der Waals surface area contributed by atoms with Gasteiger partial charge in [0.05, 0.1) is 30.7 Å². The van der Waals surface area contributed by atoms with Gasteiger partial charge in [0.1, 0.15) is 11.8 Å². The number of carbonyl (C=O) groups is 1. The molecule has 1 N–H and O–H groups in total. The van der Waals surface area contributed by atoms with Crippen molar-refractivity contribution in [2.75, 3.05) is 57.3 Å². The molecule has 0 bridgehead atoms. The van der Waals surface area contributed by atoms with Gasteiger partial charge >= 0.3 is 6.09 Å². The Balaban J connectivity index is 1.23. The molecule has 2 saturated heterocycles. The average molecular weight is 467 g/mol. The van der Waals surface area contributed by atoms with Crippen LogP contribution in [0.2, 0.25) is 0 Å². The van der Waals surface area contributed by atoms with Crippen molar-refractivity contribution in [2.45, 2.75) is 6.10 Å². The molecule has 2 fully saturated rings. The molecule has 0 aliphatic carbocycles. The number of ether oxygens (including phenoxy) is 1. The van der Waals surface area contributed by atoms with E-state index >= 15 is 4.39 Å². The lowest BCUT2D eigenvalue weighted by atomic mass is 10.2. The van der Waals surface area contributed by atoms with Gasteiger partial charge in [0.25, 0.3) is 0 Å². The third-order valence-electron chi connectivity index (χ3n) is 6.25. The number of aliphatic hydroxyl groups excluding tert-OH is 1. The molecule has 5 rings (SSSR count). The lowest BCUT2D eigenvalue weighted by Gasteiger charge is -2.35. The van der Waals surface area contributed by atoms with Crippen LogP contribution in [0, 0.1) is 5.82 Å². The van der Waals surface area contributed by atoms with Crippen molar-refractivity contribution < 1.29 is 19.0 Å². The minimum Gasteiger partial charge on any atom is -0.443 e. The first-order valence-electron chi connectivity index (χ1n) is 11.4. The highest BCUT2D eigenvalue weighted by Crippen LogP contribution is 2.27. The second-order valence-electron chi connectivity index (χ2n) is 8.51. The number of hydrogen-bond acceptors (Lipinski definition) is 7. The van der Waals surface area contributed by atoms with Gasteiger partial charge in [-0.2, -0.15) is 5.10 Å². The number of anilines is 1. The van der Waals surface area contributed by atoms with Crippen LogP contribution in [0.1, 0.15) is 0 Å². The minimum absolute atomic E-state index is 0.163. The van der Waals surface area contributed by atoms with Crippen LogP contribution in [-0.2, 0) is 4.74 Å². The average Bonchev–Trinajstić information content (AvgIpc) is 3.48. The summed E-state index contributed by atoms with van der Waals surface area (Å²) < 4.78 is 22.0. The van der Waals surface area contributed by atoms with E-state index in [9.17, 15) is 4.79 Å². The highest BCUT2D eigenvalue weighted by molar-refractivity contribution is 5.89. The molecule has 4 heterocycles. The molecule has 178 valence electrons. The van der Waals surface area contributed by atoms with E-state index in [1.165, 1.54) is 15.6 Å². The number of aliphatic hydroxyl groups is 1. The molecule has 10 heteroatoms. The topological polar surface area (TPSA) is 87.0 Å². The van der Waals surface area contributed by atoms with E-state index in [0.29, 0.717) is 25.3 Å². The summed E-state index contributed by atoms with van der Waals surface area (Å²) in [6, 6.07) is 10.2. The number of rotatable bonds is 7. The third kappa shape index (κ3) is 4.79. The number of amides is 1. The lowest BCUT2D eigenvalue weighted by molar-refractivity contribution is 0.0706. The summed E-state index contributed by atoms with van der Waals surface area (Å²) in [6.07, 6.45) is 4.32. The SMILES string of the molecule is O=C1O[C@@H](CN2CCN(CCO)CC2)CN1c1ccc(-n2cc(-c3ccccn3)cn2)c(F)c1. The fourth-order valence-corrected chi connectivity index (χ4v) is 4.42. The Kier molecular flexibility index (Phi) is 6.52. The maximum Gasteiger partial charge on any atom is 0.414 e. The van der Waals surface area contributed by atoms with Crippen LogP contribution in [0.5, 0.6) is 0 Å². The standard InChI is InChI=1S/C24H27FN6O3/c25-21-13-19(4-5-23(21)31-15-18(14-27-31)22-3-1-2-6-26-22)30-17-20(34-24(30)33)16-29-9-7-28(8-10-29)11-12-32/h1-6,13-15,20,32H,7-12,16-17H2/t20-/m0/s1. The van der Waals surface area contributed by atoms with Crippen LogP contribution in [-0.4, -0.2) is 94.3 Å². The van der Waals surface area contributed by atoms with Gasteiger partial charge < -0.3 is 9.84 Å². The normalized spacial score (nSPS) is 19.5. The van der Waals surface area contributed by atoms with Crippen LogP contribution in [0.15, 0.2) is 55.0 Å². The Morgan fingerprint density at radius 3 is 2.68 bits per heavy atom. The summed E-state index contributed by atoms with van der Waals surface area (Å²) in [7, 11) is 0. The zero-order valence-electron chi connectivity index (χ0n) is 18.8. The summed E-state index contributed by atoms with van der Waals surface area (Å²) in [6.45, 7) is 5.35. The number of carbonyl (C=O) groups excluding carboxylic acids is 1. The van der Waals surface area contributed by atoms with E-state index in [4.69, 9.17) is 9.84 Å². The van der Waals surface area contributed by atoms with Crippen molar-refractivity contribution in [3.05, 3.63) is 60.8 Å². The number of hydrogen-bond donors (Lipinski definition) is 1. The van der Waals surface area contributed by atoms with E-state index < -0.39 is 11.9 Å². The molecule has 0 radical (unpaired) electrons. The predicted octanol–water partition coefficient (Wildman–Crippen LogP) is 2.01. The van der Waals surface area contributed by atoms with E-state index in [2.05, 4.69) is 19.9 Å². The number of nitrogens with zero attached hydrogens (tertiary/aromatic N) is 6. The molecule has 0 spiro atoms. The number of aromatic nitrogens is 3. The Bertz CT molecular complexity index is 1130. The van der Waals surface area contributed by atoms with Gasteiger partial charge in [-0.3, -0.25) is 19.7 Å². The van der Waals surface area contributed by atoms with E-state index in [1.54, 1.807) is 30.7 Å². The summed E-state index contributed by atoms with van der Waals surface area (Å²) in [5.41, 5.74) is 2.29. The van der Waals surface area contributed by atoms with Crippen LogP contribution >= 0.6 is 0 Å². The smallest absolute Gasteiger partial charge is 0.414 e. The van der Waals surface area contributed by atoms with Gasteiger partial charge in [-0.1, -0.05) is 6.07 Å². The molecular formula is C24H27FN6O3. The van der Waals surface area contributed by atoms with Crippen molar-refractivity contribution in [3.8, 4) is 16.9 Å². The molecule has 0 unspecified atom stereocenters. The maximum atomic E-state index is 15.0. The first kappa shape index (κ1) is 22.5. The predicted molar refractivity (Wildman–Crippen MR) is 124 cm³/mol. The number of halogens is 1. The van der Waals surface area contributed by atoms with E-state index in [0.717, 1.165) is 37.4 Å². The van der Waals surface area contributed by atoms with Crippen molar-refractivity contribution in [1.29, 1.82) is 0 Å². The molecule has 2 aliphatic rings. The monoisotopic (exact) mass is 466 g/mol. The molecule has 3 aromatic rings. The molecule has 0 saturated carbocycles. The summed E-state index contributed by atoms with van der Waals surface area (Å²) in [5, 5.41) is 13.3. The molecule has 2 aromatic heterocycles. The summed E-state index contributed by atoms with van der Waals surface area (Å²) in [4.78, 5) is 22.7. The third-order valence-corrected chi connectivity index (χ3v) is 6.25. The number of β-amino-alcohol motifs (C(OH)–C–C–N with tert-alkyl or cyclic N) is 1. The summed E-state index contributed by atoms with van der Waals surface area (Å²) >= 11 is 0. The Hall–Kier alpha value is -3.34. The fourth-order valence-electron chi connectivity index (χ4n) is 4.42. The van der Waals surface area contributed by atoms with Crippen LogP contribution in [0.4, 0.5) is 14.9 Å². The molecular weight excluding hydrogens is 439 g/mol. The Labute approximate surface area is 197 Å². The largest absolute Gasteiger partial charge is 0.443 e. The highest BCUT2D eigenvalue weighted by Gasteiger charge is 2.34. The maximum absolute atomic E-state index is 15.0. The first-order chi connectivity index (χ1) is 16.6. The van der Waals surface area contributed by atoms with Crippen molar-refractivity contribution in [1.82, 2.24) is 24.6 Å². The number of benzene rings is 1. The lowest BCUT2D eigenvalue weighted by Crippen LogP contribution is -2.49. The molecule has 2 aliphatic heterocycles. The molecule has 1 atom stereocenters. The van der Waals surface area contributed by atoms with Gasteiger partial charge in [-0.05, 0) is 30.3 Å². The zero-order chi connectivity index (χ0) is 23.5. The number of pyridine rings is 1. The van der Waals surface area contributed by atoms with Crippen molar-refractivity contribution in [3.63, 3.8) is 0 Å². The zero-order valence-corrected chi connectivity index (χ0v) is 18.8. The molecule has 9 nitrogen and oxygen atoms in total. The van der Waals surface area contributed by atoms with Crippen LogP contribution in [0.25, 0.3) is 16.9 Å². The minimum atomic E-state index is -0.482. The van der Waals surface area contributed by atoms with Gasteiger partial charge in [0.15, 0.2) is 5.82 Å². The van der Waals surface area contributed by atoms with Crippen LogP contribution in [0.3, 0.4) is 0 Å². The fraction of sp³-hybridized carbons (Fsp3) is 0.375. The summed E-state index contributed by atoms with van der Waals surface area (Å²) in [5.74, 6) is -0.482. The molecule has 1 aromatic carbocycles. The second-order valence-corrected chi connectivity index (χ2v) is 8.51. The van der Waals surface area contributed by atoms with Crippen LogP contribution < -0.4 is 4.90 Å². The Morgan fingerprint density at radius 1 is 1.12 bits per heavy atom. The van der Waals surface area contributed by atoms with E-state index in [-0.39, 0.29) is 18.4 Å². The first-order valence-corrected chi connectivity index (χ1v) is 11.4. The quantitative estimate of drug-likeness (QED) is 0.570. The van der Waals surface area contributed by atoms with Gasteiger partial charge in [0.2, 0.25) is 0 Å². The van der Waals surface area contributed by atoms with Gasteiger partial charge in [0, 0.05) is 57.2 Å². The molecule has 1 amide bonds. The Morgan fingerprint density at radius 2 is 1.94 bits per heavy atom. The highest BCUT2D eigenvalue weighted by atomic mass is 19.1. The molecule has 34 heavy (non-hydrogen) atoms. The van der Waals surface area contributed by atoms with Gasteiger partial charge in [-0.15, -0.1) is 0 Å². The second kappa shape index (κ2) is 9.88.